The molecule has 1 aliphatic rings. The highest BCUT2D eigenvalue weighted by Crippen LogP contribution is 2.37. The first-order valence-electron chi connectivity index (χ1n) is 24.3. The standard InChI is InChI=1S/C50H65N3O13/c1-47(2,3)43(55)61-29-34-37(63-44(56)48(4,5)6)38(64-45(57)49(7,8)9)39(65-46(58)50(10,11)12)42(62-34)66-41-36-32(25-26-51-40(36)53(52-41)27-35(54)59-13)22-19-30-20-23-33(24-21-30)60-28-31-17-15-14-16-18-31/h14-18,20-21,23-26,34,37-39,42H,19,22,27-29H2,1-13H3/t34-,37-,38+,39-,42?/m1/s1/i1D,4D,7D,10D. The number of carbonyl (C=O) groups is 5. The van der Waals surface area contributed by atoms with Gasteiger partial charge in [-0.1, -0.05) is 42.5 Å². The maximum Gasteiger partial charge on any atom is 0.327 e. The van der Waals surface area contributed by atoms with Crippen molar-refractivity contribution in [3.8, 4) is 11.6 Å². The predicted octanol–water partition coefficient (Wildman–Crippen LogP) is 7.54. The number of ether oxygens (including phenoxy) is 8. The van der Waals surface area contributed by atoms with Crippen LogP contribution in [0.3, 0.4) is 0 Å². The van der Waals surface area contributed by atoms with Crippen LogP contribution >= 0.6 is 0 Å². The Labute approximate surface area is 392 Å². The smallest absolute Gasteiger partial charge is 0.327 e. The van der Waals surface area contributed by atoms with E-state index in [9.17, 15) is 24.0 Å². The second-order valence-electron chi connectivity index (χ2n) is 19.0. The molecule has 0 N–H and O–H groups in total. The molecule has 2 aromatic carbocycles. The van der Waals surface area contributed by atoms with Crippen molar-refractivity contribution in [1.82, 2.24) is 14.8 Å². The van der Waals surface area contributed by atoms with Gasteiger partial charge in [-0.15, -0.1) is 5.10 Å². The number of aryl methyl sites for hydroxylation is 2. The van der Waals surface area contributed by atoms with Crippen LogP contribution in [0, 0.1) is 21.7 Å². The van der Waals surface area contributed by atoms with Crippen LogP contribution in [0.15, 0.2) is 66.9 Å². The first-order valence-corrected chi connectivity index (χ1v) is 21.5. The molecule has 0 bridgehead atoms. The lowest BCUT2D eigenvalue weighted by atomic mass is 9.93. The fraction of sp³-hybridized carbons (Fsp3) is 0.540. The molecule has 0 spiro atoms. The Bertz CT molecular complexity index is 2450. The molecule has 2 aromatic heterocycles. The first-order chi connectivity index (χ1) is 33.0. The highest BCUT2D eigenvalue weighted by molar-refractivity contribution is 5.86. The highest BCUT2D eigenvalue weighted by Gasteiger charge is 2.56. The zero-order chi connectivity index (χ0) is 51.6. The lowest BCUT2D eigenvalue weighted by Gasteiger charge is -2.45. The van der Waals surface area contributed by atoms with Gasteiger partial charge in [0.2, 0.25) is 18.3 Å². The summed E-state index contributed by atoms with van der Waals surface area (Å²) in [7, 11) is 1.21. The zero-order valence-corrected chi connectivity index (χ0v) is 39.3. The van der Waals surface area contributed by atoms with Crippen molar-refractivity contribution >= 4 is 40.9 Å². The molecule has 0 aliphatic carbocycles. The second kappa shape index (κ2) is 20.6. The quantitative estimate of drug-likeness (QED) is 0.0839. The number of hydrogen-bond donors (Lipinski definition) is 0. The first kappa shape index (κ1) is 45.1. The third-order valence-electron chi connectivity index (χ3n) is 10.2. The number of aromatic nitrogens is 3. The van der Waals surface area contributed by atoms with Crippen molar-refractivity contribution < 1.29 is 67.4 Å². The average Bonchev–Trinajstić information content (AvgIpc) is 3.70. The molecule has 4 aromatic rings. The molecule has 16 heteroatoms. The van der Waals surface area contributed by atoms with Crippen molar-refractivity contribution in [2.75, 3.05) is 13.7 Å². The van der Waals surface area contributed by atoms with E-state index in [1.165, 1.54) is 67.2 Å². The Morgan fingerprint density at radius 2 is 1.27 bits per heavy atom. The van der Waals surface area contributed by atoms with E-state index in [0.29, 0.717) is 36.1 Å². The molecular formula is C50H65N3O13. The lowest BCUT2D eigenvalue weighted by Crippen LogP contribution is -2.65. The Kier molecular flexibility index (Phi) is 14.1. The predicted molar refractivity (Wildman–Crippen MR) is 242 cm³/mol. The SMILES string of the molecule is [2H]CC(C)(C)C(=O)OC[C@H]1OC(Oc2nn(CC(=O)OC)c3nccc(CCc4ccc(OCc5ccccc5)cc4)c23)[C@H](OC(=O)C(C)(C)C[2H])[C@@H](OC(=O)C(C)(C)C[2H])[C@@H]1OC(=O)C(C)(C)C[2H]. The molecule has 0 amide bonds. The summed E-state index contributed by atoms with van der Waals surface area (Å²) in [5, 5.41) is 4.96. The van der Waals surface area contributed by atoms with Gasteiger partial charge >= 0.3 is 29.8 Å². The molecule has 5 rings (SSSR count). The number of hydrogen-bond acceptors (Lipinski definition) is 15. The number of fused-ring (bicyclic) bond motifs is 1. The van der Waals surface area contributed by atoms with Crippen molar-refractivity contribution in [2.24, 2.45) is 21.7 Å². The Balaban J connectivity index is 1.63. The summed E-state index contributed by atoms with van der Waals surface area (Å²) in [6.45, 7) is 9.40. The van der Waals surface area contributed by atoms with E-state index in [0.717, 1.165) is 11.1 Å². The fourth-order valence-electron chi connectivity index (χ4n) is 6.31. The molecule has 1 fully saturated rings. The third-order valence-corrected chi connectivity index (χ3v) is 10.2. The highest BCUT2D eigenvalue weighted by atomic mass is 16.7. The zero-order valence-electron chi connectivity index (χ0n) is 43.3. The number of esters is 5. The van der Waals surface area contributed by atoms with Gasteiger partial charge in [0, 0.05) is 11.7 Å². The molecule has 358 valence electrons. The minimum atomic E-state index is -1.82. The van der Waals surface area contributed by atoms with Gasteiger partial charge < -0.3 is 37.9 Å². The summed E-state index contributed by atoms with van der Waals surface area (Å²) < 4.78 is 81.6. The average molecular weight is 920 g/mol. The van der Waals surface area contributed by atoms with Crippen molar-refractivity contribution in [1.29, 1.82) is 0 Å². The van der Waals surface area contributed by atoms with E-state index in [4.69, 9.17) is 43.4 Å². The van der Waals surface area contributed by atoms with Crippen LogP contribution < -0.4 is 9.47 Å². The normalized spacial score (nSPS) is 19.9. The van der Waals surface area contributed by atoms with E-state index >= 15 is 0 Å². The van der Waals surface area contributed by atoms with Crippen LogP contribution in [0.25, 0.3) is 11.0 Å². The van der Waals surface area contributed by atoms with Gasteiger partial charge in [-0.25, -0.2) is 9.67 Å². The Morgan fingerprint density at radius 1 is 0.697 bits per heavy atom. The number of methoxy groups -OCH3 is 1. The molecule has 0 radical (unpaired) electrons. The second-order valence-corrected chi connectivity index (χ2v) is 19.0. The topological polar surface area (TPSA) is 190 Å². The van der Waals surface area contributed by atoms with E-state index in [1.54, 1.807) is 12.3 Å². The van der Waals surface area contributed by atoms with E-state index in [1.807, 2.05) is 54.6 Å². The van der Waals surface area contributed by atoms with E-state index < -0.39 is 116 Å². The van der Waals surface area contributed by atoms with Crippen molar-refractivity contribution in [3.63, 3.8) is 0 Å². The van der Waals surface area contributed by atoms with Crippen molar-refractivity contribution in [3.05, 3.63) is 83.6 Å². The fourth-order valence-corrected chi connectivity index (χ4v) is 6.31. The number of carbonyl (C=O) groups excluding carboxylic acids is 5. The third kappa shape index (κ3) is 13.3. The number of pyridine rings is 1. The molecule has 1 saturated heterocycles. The lowest BCUT2D eigenvalue weighted by molar-refractivity contribution is -0.294. The maximum absolute atomic E-state index is 14.1. The Morgan fingerprint density at radius 3 is 1.86 bits per heavy atom. The molecule has 16 nitrogen and oxygen atoms in total. The summed E-state index contributed by atoms with van der Waals surface area (Å²) >= 11 is 0. The molecular weight excluding hydrogens is 851 g/mol. The van der Waals surface area contributed by atoms with Gasteiger partial charge in [0.15, 0.2) is 17.9 Å². The van der Waals surface area contributed by atoms with E-state index in [-0.39, 0.29) is 18.4 Å². The van der Waals surface area contributed by atoms with Crippen LogP contribution in [-0.2, 0) is 78.4 Å². The minimum Gasteiger partial charge on any atom is -0.489 e. The maximum atomic E-state index is 14.1. The number of nitrogens with zero attached hydrogens (tertiary/aromatic N) is 3. The summed E-state index contributed by atoms with van der Waals surface area (Å²) in [6.07, 6.45) is -6.26. The van der Waals surface area contributed by atoms with E-state index in [2.05, 4.69) is 10.1 Å². The molecule has 0 saturated carbocycles. The van der Waals surface area contributed by atoms with Gasteiger partial charge in [-0.05, 0) is 131 Å². The molecule has 5 atom stereocenters. The summed E-state index contributed by atoms with van der Waals surface area (Å²) in [6, 6.07) is 19.2. The molecule has 3 heterocycles. The number of rotatable bonds is 15. The van der Waals surface area contributed by atoms with Gasteiger partial charge in [0.05, 0.1) is 34.2 Å². The van der Waals surface area contributed by atoms with Crippen LogP contribution in [-0.4, -0.2) is 89.0 Å². The van der Waals surface area contributed by atoms with Gasteiger partial charge in [-0.2, -0.15) is 0 Å². The number of benzene rings is 2. The van der Waals surface area contributed by atoms with Gasteiger partial charge in [-0.3, -0.25) is 24.0 Å². The van der Waals surface area contributed by atoms with Crippen molar-refractivity contribution in [2.45, 2.75) is 140 Å². The monoisotopic (exact) mass is 919 g/mol. The van der Waals surface area contributed by atoms with Crippen LogP contribution in [0.1, 0.15) is 105 Å². The van der Waals surface area contributed by atoms with Gasteiger partial charge in [0.1, 0.15) is 31.6 Å². The van der Waals surface area contributed by atoms with Gasteiger partial charge in [0.25, 0.3) is 0 Å². The Hall–Kier alpha value is -6.03. The van der Waals surface area contributed by atoms with Crippen LogP contribution in [0.4, 0.5) is 0 Å². The molecule has 66 heavy (non-hydrogen) atoms. The van der Waals surface area contributed by atoms with Crippen LogP contribution in [0.2, 0.25) is 0 Å². The largest absolute Gasteiger partial charge is 0.489 e. The summed E-state index contributed by atoms with van der Waals surface area (Å²) in [5.74, 6) is -3.82. The minimum absolute atomic E-state index is 0.175. The molecule has 1 unspecified atom stereocenters. The summed E-state index contributed by atoms with van der Waals surface area (Å²) in [4.78, 5) is 72.7. The van der Waals surface area contributed by atoms with Crippen LogP contribution in [0.5, 0.6) is 11.6 Å². The molecule has 1 aliphatic heterocycles. The summed E-state index contributed by atoms with van der Waals surface area (Å²) in [5.41, 5.74) is -2.78.